The molecule has 0 amide bonds. The van der Waals surface area contributed by atoms with E-state index in [1.807, 2.05) is 0 Å². The van der Waals surface area contributed by atoms with Gasteiger partial charge in [-0.15, -0.1) is 0 Å². The van der Waals surface area contributed by atoms with E-state index >= 15 is 0 Å². The van der Waals surface area contributed by atoms with Gasteiger partial charge in [-0.25, -0.2) is 4.39 Å². The first-order valence-corrected chi connectivity index (χ1v) is 5.99. The Balaban J connectivity index is 2.10. The molecule has 17 heavy (non-hydrogen) atoms. The van der Waals surface area contributed by atoms with Crippen LogP contribution in [0.2, 0.25) is 0 Å². The number of rotatable bonds is 3. The Morgan fingerprint density at radius 1 is 1.53 bits per heavy atom. The first-order valence-electron chi connectivity index (χ1n) is 5.99. The summed E-state index contributed by atoms with van der Waals surface area (Å²) in [4.78, 5) is 2.22. The SMILES string of the molecule is COCC1CCCN(c2ccc(F)cc2N)C1. The fraction of sp³-hybridized carbons (Fsp3) is 0.538. The van der Waals surface area contributed by atoms with Crippen molar-refractivity contribution < 1.29 is 9.13 Å². The second kappa shape index (κ2) is 5.36. The van der Waals surface area contributed by atoms with Gasteiger partial charge in [0.2, 0.25) is 0 Å². The zero-order valence-corrected chi connectivity index (χ0v) is 10.2. The van der Waals surface area contributed by atoms with Gasteiger partial charge in [-0.05, 0) is 37.0 Å². The maximum absolute atomic E-state index is 13.0. The van der Waals surface area contributed by atoms with Crippen molar-refractivity contribution in [2.45, 2.75) is 12.8 Å². The van der Waals surface area contributed by atoms with Crippen molar-refractivity contribution in [1.29, 1.82) is 0 Å². The quantitative estimate of drug-likeness (QED) is 0.821. The highest BCUT2D eigenvalue weighted by Crippen LogP contribution is 2.28. The number of nitrogens with zero attached hydrogens (tertiary/aromatic N) is 1. The standard InChI is InChI=1S/C13H19FN2O/c1-17-9-10-3-2-6-16(8-10)13-5-4-11(14)7-12(13)15/h4-5,7,10H,2-3,6,8-9,15H2,1H3. The van der Waals surface area contributed by atoms with Gasteiger partial charge < -0.3 is 15.4 Å². The summed E-state index contributed by atoms with van der Waals surface area (Å²) in [5.41, 5.74) is 7.31. The molecule has 1 aromatic rings. The topological polar surface area (TPSA) is 38.5 Å². The predicted molar refractivity (Wildman–Crippen MR) is 67.6 cm³/mol. The summed E-state index contributed by atoms with van der Waals surface area (Å²) >= 11 is 0. The minimum absolute atomic E-state index is 0.281. The van der Waals surface area contributed by atoms with Crippen LogP contribution in [0.4, 0.5) is 15.8 Å². The lowest BCUT2D eigenvalue weighted by atomic mass is 9.98. The molecule has 1 saturated heterocycles. The lowest BCUT2D eigenvalue weighted by Gasteiger charge is -2.34. The van der Waals surface area contributed by atoms with Crippen molar-refractivity contribution in [2.24, 2.45) is 5.92 Å². The first-order chi connectivity index (χ1) is 8.20. The lowest BCUT2D eigenvalue weighted by Crippen LogP contribution is -2.37. The van der Waals surface area contributed by atoms with Crippen molar-refractivity contribution in [3.05, 3.63) is 24.0 Å². The summed E-state index contributed by atoms with van der Waals surface area (Å²) in [7, 11) is 1.73. The highest BCUT2D eigenvalue weighted by molar-refractivity contribution is 5.67. The summed E-state index contributed by atoms with van der Waals surface area (Å²) in [6.45, 7) is 2.69. The smallest absolute Gasteiger partial charge is 0.125 e. The summed E-state index contributed by atoms with van der Waals surface area (Å²) in [5.74, 6) is 0.259. The number of halogens is 1. The van der Waals surface area contributed by atoms with E-state index in [0.717, 1.165) is 31.8 Å². The normalized spacial score (nSPS) is 20.6. The van der Waals surface area contributed by atoms with Crippen LogP contribution in [0, 0.1) is 11.7 Å². The molecule has 1 heterocycles. The zero-order chi connectivity index (χ0) is 12.3. The van der Waals surface area contributed by atoms with Crippen molar-refractivity contribution in [3.8, 4) is 0 Å². The van der Waals surface area contributed by atoms with Crippen LogP contribution in [-0.4, -0.2) is 26.8 Å². The third-order valence-corrected chi connectivity index (χ3v) is 3.25. The molecule has 0 aliphatic carbocycles. The molecule has 2 N–H and O–H groups in total. The fourth-order valence-corrected chi connectivity index (χ4v) is 2.47. The Morgan fingerprint density at radius 2 is 2.35 bits per heavy atom. The average molecular weight is 238 g/mol. The van der Waals surface area contributed by atoms with E-state index in [-0.39, 0.29) is 5.82 Å². The molecule has 0 bridgehead atoms. The molecule has 1 aliphatic heterocycles. The fourth-order valence-electron chi connectivity index (χ4n) is 2.47. The third-order valence-electron chi connectivity index (χ3n) is 3.25. The second-order valence-electron chi connectivity index (χ2n) is 4.61. The minimum atomic E-state index is -0.281. The Morgan fingerprint density at radius 3 is 3.06 bits per heavy atom. The van der Waals surface area contributed by atoms with Gasteiger partial charge in [-0.2, -0.15) is 0 Å². The Bertz CT molecular complexity index is 382. The molecule has 1 fully saturated rings. The van der Waals surface area contributed by atoms with Gasteiger partial charge >= 0.3 is 0 Å². The van der Waals surface area contributed by atoms with Crippen molar-refractivity contribution in [1.82, 2.24) is 0 Å². The molecule has 2 rings (SSSR count). The van der Waals surface area contributed by atoms with Gasteiger partial charge in [0.15, 0.2) is 0 Å². The third kappa shape index (κ3) is 2.88. The molecule has 94 valence electrons. The van der Waals surface area contributed by atoms with E-state index in [4.69, 9.17) is 10.5 Å². The van der Waals surface area contributed by atoms with Crippen LogP contribution < -0.4 is 10.6 Å². The number of nitrogens with two attached hydrogens (primary N) is 1. The number of hydrogen-bond donors (Lipinski definition) is 1. The van der Waals surface area contributed by atoms with E-state index < -0.39 is 0 Å². The van der Waals surface area contributed by atoms with Gasteiger partial charge in [0, 0.05) is 20.2 Å². The summed E-state index contributed by atoms with van der Waals surface area (Å²) < 4.78 is 18.2. The van der Waals surface area contributed by atoms with Crippen molar-refractivity contribution in [2.75, 3.05) is 37.4 Å². The largest absolute Gasteiger partial charge is 0.397 e. The monoisotopic (exact) mass is 238 g/mol. The molecular formula is C13H19FN2O. The second-order valence-corrected chi connectivity index (χ2v) is 4.61. The molecule has 3 nitrogen and oxygen atoms in total. The predicted octanol–water partition coefficient (Wildman–Crippen LogP) is 2.27. The molecule has 0 radical (unpaired) electrons. The Labute approximate surface area is 101 Å². The van der Waals surface area contributed by atoms with E-state index in [0.29, 0.717) is 11.6 Å². The van der Waals surface area contributed by atoms with Crippen LogP contribution in [0.5, 0.6) is 0 Å². The van der Waals surface area contributed by atoms with Crippen LogP contribution in [0.1, 0.15) is 12.8 Å². The lowest BCUT2D eigenvalue weighted by molar-refractivity contribution is 0.143. The molecule has 4 heteroatoms. The van der Waals surface area contributed by atoms with Crippen LogP contribution >= 0.6 is 0 Å². The molecule has 0 spiro atoms. The van der Waals surface area contributed by atoms with E-state index in [9.17, 15) is 4.39 Å². The number of nitrogen functional groups attached to an aromatic ring is 1. The van der Waals surface area contributed by atoms with Crippen LogP contribution in [-0.2, 0) is 4.74 Å². The highest BCUT2D eigenvalue weighted by Gasteiger charge is 2.21. The number of anilines is 2. The zero-order valence-electron chi connectivity index (χ0n) is 10.2. The number of hydrogen-bond acceptors (Lipinski definition) is 3. The number of benzene rings is 1. The molecule has 1 atom stereocenters. The maximum atomic E-state index is 13.0. The van der Waals surface area contributed by atoms with Gasteiger partial charge in [0.05, 0.1) is 18.0 Å². The Hall–Kier alpha value is -1.29. The molecule has 0 aromatic heterocycles. The minimum Gasteiger partial charge on any atom is -0.397 e. The van der Waals surface area contributed by atoms with Crippen LogP contribution in [0.25, 0.3) is 0 Å². The van der Waals surface area contributed by atoms with E-state index in [2.05, 4.69) is 4.90 Å². The van der Waals surface area contributed by atoms with Gasteiger partial charge in [-0.1, -0.05) is 0 Å². The van der Waals surface area contributed by atoms with E-state index in [1.54, 1.807) is 13.2 Å². The average Bonchev–Trinajstić information content (AvgIpc) is 2.29. The van der Waals surface area contributed by atoms with Gasteiger partial charge in [0.1, 0.15) is 5.82 Å². The molecule has 1 unspecified atom stereocenters. The maximum Gasteiger partial charge on any atom is 0.125 e. The van der Waals surface area contributed by atoms with E-state index in [1.165, 1.54) is 18.6 Å². The Kier molecular flexibility index (Phi) is 3.84. The van der Waals surface area contributed by atoms with Crippen molar-refractivity contribution in [3.63, 3.8) is 0 Å². The number of piperidine rings is 1. The molecular weight excluding hydrogens is 219 g/mol. The van der Waals surface area contributed by atoms with Crippen molar-refractivity contribution >= 4 is 11.4 Å². The molecule has 1 aliphatic rings. The summed E-state index contributed by atoms with van der Waals surface area (Å²) in [6, 6.07) is 4.61. The van der Waals surface area contributed by atoms with Crippen LogP contribution in [0.3, 0.4) is 0 Å². The molecule has 0 saturated carbocycles. The first kappa shape index (κ1) is 12.2. The molecule has 1 aromatic carbocycles. The van der Waals surface area contributed by atoms with Gasteiger partial charge in [0.25, 0.3) is 0 Å². The summed E-state index contributed by atoms with van der Waals surface area (Å²) in [5, 5.41) is 0. The highest BCUT2D eigenvalue weighted by atomic mass is 19.1. The summed E-state index contributed by atoms with van der Waals surface area (Å²) in [6.07, 6.45) is 2.32. The number of methoxy groups -OCH3 is 1. The number of ether oxygens (including phenoxy) is 1. The van der Waals surface area contributed by atoms with Gasteiger partial charge in [-0.3, -0.25) is 0 Å². The van der Waals surface area contributed by atoms with Crippen LogP contribution in [0.15, 0.2) is 18.2 Å².